The SMILES string of the molecule is CC(=O)O[C@@H](C)C(=O)N1CCC(NC(=O)c2cnc3ccc(N4CCC[C@@H]4c4cccc(F)c4)nn23)CC1. The second-order valence-corrected chi connectivity index (χ2v) is 9.84. The molecule has 2 atom stereocenters. The number of anilines is 1. The van der Waals surface area contributed by atoms with Crippen molar-refractivity contribution in [2.24, 2.45) is 0 Å². The van der Waals surface area contributed by atoms with Crippen molar-refractivity contribution in [3.05, 3.63) is 59.7 Å². The predicted molar refractivity (Wildman–Crippen MR) is 137 cm³/mol. The van der Waals surface area contributed by atoms with Gasteiger partial charge >= 0.3 is 5.97 Å². The Morgan fingerprint density at radius 2 is 1.89 bits per heavy atom. The van der Waals surface area contributed by atoms with Crippen LogP contribution in [0.3, 0.4) is 0 Å². The Morgan fingerprint density at radius 1 is 1.11 bits per heavy atom. The number of hydrogen-bond acceptors (Lipinski definition) is 7. The summed E-state index contributed by atoms with van der Waals surface area (Å²) >= 11 is 0. The van der Waals surface area contributed by atoms with Crippen molar-refractivity contribution < 1.29 is 23.5 Å². The minimum Gasteiger partial charge on any atom is -0.453 e. The van der Waals surface area contributed by atoms with Crippen molar-refractivity contribution in [2.45, 2.75) is 57.7 Å². The Bertz CT molecular complexity index is 1350. The molecule has 5 rings (SSSR count). The first-order chi connectivity index (χ1) is 18.3. The van der Waals surface area contributed by atoms with Gasteiger partial charge in [0.15, 0.2) is 17.4 Å². The van der Waals surface area contributed by atoms with E-state index in [0.717, 1.165) is 24.9 Å². The smallest absolute Gasteiger partial charge is 0.303 e. The van der Waals surface area contributed by atoms with E-state index in [9.17, 15) is 18.8 Å². The number of amides is 2. The number of piperidine rings is 1. The van der Waals surface area contributed by atoms with Crippen LogP contribution in [-0.2, 0) is 14.3 Å². The molecule has 1 N–H and O–H groups in total. The van der Waals surface area contributed by atoms with E-state index in [4.69, 9.17) is 9.84 Å². The van der Waals surface area contributed by atoms with E-state index >= 15 is 0 Å². The topological polar surface area (TPSA) is 109 Å². The Labute approximate surface area is 219 Å². The lowest BCUT2D eigenvalue weighted by Gasteiger charge is -2.33. The van der Waals surface area contributed by atoms with Gasteiger partial charge in [-0.1, -0.05) is 12.1 Å². The molecular weight excluding hydrogens is 491 g/mol. The zero-order valence-corrected chi connectivity index (χ0v) is 21.5. The molecule has 4 heterocycles. The Morgan fingerprint density at radius 3 is 2.63 bits per heavy atom. The van der Waals surface area contributed by atoms with E-state index in [1.165, 1.54) is 19.2 Å². The van der Waals surface area contributed by atoms with E-state index < -0.39 is 12.1 Å². The van der Waals surface area contributed by atoms with Crippen molar-refractivity contribution in [1.82, 2.24) is 24.8 Å². The fourth-order valence-electron chi connectivity index (χ4n) is 5.33. The summed E-state index contributed by atoms with van der Waals surface area (Å²) in [6.45, 7) is 4.54. The van der Waals surface area contributed by atoms with Crippen LogP contribution in [-0.4, -0.2) is 69.1 Å². The van der Waals surface area contributed by atoms with E-state index in [1.807, 2.05) is 18.2 Å². The molecule has 0 saturated carbocycles. The van der Waals surface area contributed by atoms with Crippen LogP contribution in [0.15, 0.2) is 42.6 Å². The standard InChI is InChI=1S/C27H31FN6O4/c1-17(38-18(2)35)27(37)32-13-10-21(11-14-32)30-26(36)23-16-29-24-8-9-25(31-34(23)24)33-12-4-7-22(33)19-5-3-6-20(28)15-19/h3,5-6,8-9,15-17,21-22H,4,7,10-14H2,1-2H3,(H,30,36)/t17-,22+/m0/s1. The maximum Gasteiger partial charge on any atom is 0.303 e. The maximum absolute atomic E-state index is 13.9. The highest BCUT2D eigenvalue weighted by Gasteiger charge is 2.30. The third kappa shape index (κ3) is 5.32. The minimum absolute atomic E-state index is 0.00732. The molecule has 0 radical (unpaired) electrons. The van der Waals surface area contributed by atoms with E-state index in [1.54, 1.807) is 28.5 Å². The Balaban J connectivity index is 1.26. The molecule has 2 aliphatic rings. The number of nitrogens with zero attached hydrogens (tertiary/aromatic N) is 5. The van der Waals surface area contributed by atoms with Crippen LogP contribution >= 0.6 is 0 Å². The number of benzene rings is 1. The zero-order valence-electron chi connectivity index (χ0n) is 21.5. The number of aromatic nitrogens is 3. The zero-order chi connectivity index (χ0) is 26.8. The maximum atomic E-state index is 13.9. The summed E-state index contributed by atoms with van der Waals surface area (Å²) in [5.41, 5.74) is 1.78. The van der Waals surface area contributed by atoms with E-state index in [2.05, 4.69) is 15.2 Å². The lowest BCUT2D eigenvalue weighted by molar-refractivity contribution is -0.157. The van der Waals surface area contributed by atoms with Crippen LogP contribution in [0.2, 0.25) is 0 Å². The molecule has 2 saturated heterocycles. The molecule has 2 aromatic heterocycles. The normalized spacial score (nSPS) is 19.0. The molecule has 2 fully saturated rings. The Hall–Kier alpha value is -4.02. The van der Waals surface area contributed by atoms with Crippen LogP contribution in [0.25, 0.3) is 5.65 Å². The van der Waals surface area contributed by atoms with Gasteiger partial charge in [-0.2, -0.15) is 0 Å². The molecular formula is C27H31FN6O4. The van der Waals surface area contributed by atoms with Gasteiger partial charge < -0.3 is 19.9 Å². The number of fused-ring (bicyclic) bond motifs is 1. The molecule has 1 aromatic carbocycles. The number of halogens is 1. The summed E-state index contributed by atoms with van der Waals surface area (Å²) in [6.07, 6.45) is 3.70. The van der Waals surface area contributed by atoms with Gasteiger partial charge in [-0.05, 0) is 62.4 Å². The number of ether oxygens (including phenoxy) is 1. The summed E-state index contributed by atoms with van der Waals surface area (Å²) in [5.74, 6) is -0.581. The van der Waals surface area contributed by atoms with Crippen molar-refractivity contribution in [3.63, 3.8) is 0 Å². The minimum atomic E-state index is -0.826. The van der Waals surface area contributed by atoms with Crippen molar-refractivity contribution in [2.75, 3.05) is 24.5 Å². The quantitative estimate of drug-likeness (QED) is 0.496. The highest BCUT2D eigenvalue weighted by atomic mass is 19.1. The molecule has 2 amide bonds. The lowest BCUT2D eigenvalue weighted by Crippen LogP contribution is -2.49. The second-order valence-electron chi connectivity index (χ2n) is 9.84. The first kappa shape index (κ1) is 25.6. The first-order valence-corrected chi connectivity index (χ1v) is 12.9. The van der Waals surface area contributed by atoms with E-state index in [0.29, 0.717) is 43.1 Å². The van der Waals surface area contributed by atoms with Gasteiger partial charge in [-0.15, -0.1) is 5.10 Å². The third-order valence-corrected chi connectivity index (χ3v) is 7.19. The molecule has 200 valence electrons. The first-order valence-electron chi connectivity index (χ1n) is 12.9. The number of carbonyl (C=O) groups excluding carboxylic acids is 3. The molecule has 3 aromatic rings. The molecule has 38 heavy (non-hydrogen) atoms. The van der Waals surface area contributed by atoms with Gasteiger partial charge in [0.05, 0.1) is 12.2 Å². The average molecular weight is 523 g/mol. The van der Waals surface area contributed by atoms with Crippen molar-refractivity contribution in [3.8, 4) is 0 Å². The van der Waals surface area contributed by atoms with Gasteiger partial charge in [0.2, 0.25) is 0 Å². The van der Waals surface area contributed by atoms with Crippen LogP contribution in [0.1, 0.15) is 61.6 Å². The summed E-state index contributed by atoms with van der Waals surface area (Å²) in [7, 11) is 0. The number of imidazole rings is 1. The monoisotopic (exact) mass is 522 g/mol. The molecule has 0 bridgehead atoms. The van der Waals surface area contributed by atoms with Gasteiger partial charge in [0.25, 0.3) is 11.8 Å². The third-order valence-electron chi connectivity index (χ3n) is 7.19. The second kappa shape index (κ2) is 10.8. The van der Waals surface area contributed by atoms with Crippen LogP contribution in [0.5, 0.6) is 0 Å². The van der Waals surface area contributed by atoms with Gasteiger partial charge in [0, 0.05) is 32.6 Å². The molecule has 10 nitrogen and oxygen atoms in total. The molecule has 0 unspecified atom stereocenters. The van der Waals surface area contributed by atoms with Gasteiger partial charge in [-0.3, -0.25) is 14.4 Å². The molecule has 2 aliphatic heterocycles. The van der Waals surface area contributed by atoms with E-state index in [-0.39, 0.29) is 29.7 Å². The predicted octanol–water partition coefficient (Wildman–Crippen LogP) is 2.88. The molecule has 0 aliphatic carbocycles. The molecule has 11 heteroatoms. The number of nitrogens with one attached hydrogen (secondary N) is 1. The largest absolute Gasteiger partial charge is 0.453 e. The fourth-order valence-corrected chi connectivity index (χ4v) is 5.33. The number of hydrogen-bond donors (Lipinski definition) is 1. The highest BCUT2D eigenvalue weighted by molar-refractivity contribution is 5.93. The summed E-state index contributed by atoms with van der Waals surface area (Å²) < 4.78 is 20.4. The number of esters is 1. The summed E-state index contributed by atoms with van der Waals surface area (Å²) in [6, 6.07) is 10.3. The van der Waals surface area contributed by atoms with Gasteiger partial charge in [-0.25, -0.2) is 13.9 Å². The molecule has 0 spiro atoms. The number of rotatable bonds is 6. The summed E-state index contributed by atoms with van der Waals surface area (Å²) in [5, 5.41) is 7.78. The van der Waals surface area contributed by atoms with Crippen molar-refractivity contribution >= 4 is 29.2 Å². The average Bonchev–Trinajstić information content (AvgIpc) is 3.55. The summed E-state index contributed by atoms with van der Waals surface area (Å²) in [4.78, 5) is 44.9. The number of carbonyl (C=O) groups is 3. The van der Waals surface area contributed by atoms with Crippen LogP contribution in [0.4, 0.5) is 10.2 Å². The lowest BCUT2D eigenvalue weighted by atomic mass is 10.0. The highest BCUT2D eigenvalue weighted by Crippen LogP contribution is 2.35. The fraction of sp³-hybridized carbons (Fsp3) is 0.444. The number of likely N-dealkylation sites (tertiary alicyclic amines) is 1. The Kier molecular flexibility index (Phi) is 7.26. The van der Waals surface area contributed by atoms with Gasteiger partial charge in [0.1, 0.15) is 11.6 Å². The van der Waals surface area contributed by atoms with Crippen molar-refractivity contribution in [1.29, 1.82) is 0 Å². The van der Waals surface area contributed by atoms with Crippen LogP contribution in [0, 0.1) is 5.82 Å². The van der Waals surface area contributed by atoms with Crippen LogP contribution < -0.4 is 10.2 Å².